The maximum atomic E-state index is 13.5. The Morgan fingerprint density at radius 2 is 2.17 bits per heavy atom. The molecule has 4 heteroatoms. The third kappa shape index (κ3) is 3.05. The fourth-order valence-corrected chi connectivity index (χ4v) is 3.26. The topological polar surface area (TPSA) is 32.3 Å². The summed E-state index contributed by atoms with van der Waals surface area (Å²) in [4.78, 5) is 0. The largest absolute Gasteiger partial charge is 0.387 e. The highest BCUT2D eigenvalue weighted by atomic mass is 32.2. The molecular formula is C14H20FNOS. The van der Waals surface area contributed by atoms with E-state index in [0.29, 0.717) is 16.9 Å². The average Bonchev–Trinajstić information content (AvgIpc) is 2.33. The van der Waals surface area contributed by atoms with Crippen molar-refractivity contribution in [2.75, 3.05) is 19.3 Å². The number of nitrogens with one attached hydrogen (secondary N) is 1. The minimum atomic E-state index is -0.773. The zero-order chi connectivity index (χ0) is 13.0. The molecule has 1 aromatic carbocycles. The second-order valence-electron chi connectivity index (χ2n) is 4.91. The van der Waals surface area contributed by atoms with Crippen LogP contribution >= 0.6 is 11.8 Å². The number of hydrogen-bond donors (Lipinski definition) is 2. The molecular weight excluding hydrogens is 249 g/mol. The average molecular weight is 269 g/mol. The van der Waals surface area contributed by atoms with Crippen molar-refractivity contribution in [3.05, 3.63) is 35.6 Å². The number of benzene rings is 1. The van der Waals surface area contributed by atoms with Crippen molar-refractivity contribution in [3.63, 3.8) is 0 Å². The lowest BCUT2D eigenvalue weighted by molar-refractivity contribution is 0.166. The minimum absolute atomic E-state index is 0.338. The Balaban J connectivity index is 1.82. The molecule has 1 aliphatic carbocycles. The SMILES string of the molecule is CSC1(CNCC(O)c2ccccc2F)CCC1. The molecule has 18 heavy (non-hydrogen) atoms. The lowest BCUT2D eigenvalue weighted by Crippen LogP contribution is -2.44. The van der Waals surface area contributed by atoms with Gasteiger partial charge in [-0.15, -0.1) is 0 Å². The van der Waals surface area contributed by atoms with Gasteiger partial charge in [-0.25, -0.2) is 4.39 Å². The molecule has 0 bridgehead atoms. The third-order valence-electron chi connectivity index (χ3n) is 3.75. The number of aliphatic hydroxyl groups excluding tert-OH is 1. The van der Waals surface area contributed by atoms with Crippen molar-refractivity contribution in [3.8, 4) is 0 Å². The van der Waals surface area contributed by atoms with E-state index in [1.807, 2.05) is 11.8 Å². The highest BCUT2D eigenvalue weighted by Gasteiger charge is 2.35. The second kappa shape index (κ2) is 6.04. The van der Waals surface area contributed by atoms with Gasteiger partial charge in [-0.05, 0) is 25.2 Å². The van der Waals surface area contributed by atoms with Crippen LogP contribution in [-0.2, 0) is 0 Å². The van der Waals surface area contributed by atoms with Gasteiger partial charge < -0.3 is 10.4 Å². The molecule has 1 atom stereocenters. The minimum Gasteiger partial charge on any atom is -0.387 e. The first-order valence-corrected chi connectivity index (χ1v) is 7.58. The molecule has 2 nitrogen and oxygen atoms in total. The molecule has 1 fully saturated rings. The molecule has 2 rings (SSSR count). The van der Waals surface area contributed by atoms with Gasteiger partial charge in [0.15, 0.2) is 0 Å². The van der Waals surface area contributed by atoms with Crippen molar-refractivity contribution in [1.29, 1.82) is 0 Å². The first-order chi connectivity index (χ1) is 8.67. The summed E-state index contributed by atoms with van der Waals surface area (Å²) in [5, 5.41) is 13.2. The van der Waals surface area contributed by atoms with Crippen LogP contribution in [0.25, 0.3) is 0 Å². The molecule has 0 amide bonds. The Morgan fingerprint density at radius 1 is 1.44 bits per heavy atom. The molecule has 0 spiro atoms. The van der Waals surface area contributed by atoms with Crippen LogP contribution in [0.1, 0.15) is 30.9 Å². The summed E-state index contributed by atoms with van der Waals surface area (Å²) in [5.74, 6) is -0.338. The standard InChI is InChI=1S/C14H20FNOS/c1-18-14(7-4-8-14)10-16-9-13(17)11-5-2-3-6-12(11)15/h2-3,5-6,13,16-17H,4,7-10H2,1H3. The summed E-state index contributed by atoms with van der Waals surface area (Å²) in [6, 6.07) is 6.40. The molecule has 0 aromatic heterocycles. The summed E-state index contributed by atoms with van der Waals surface area (Å²) in [6.45, 7) is 1.29. The van der Waals surface area contributed by atoms with E-state index in [1.165, 1.54) is 25.3 Å². The predicted molar refractivity (Wildman–Crippen MR) is 74.3 cm³/mol. The molecule has 1 aromatic rings. The van der Waals surface area contributed by atoms with Crippen LogP contribution in [0.15, 0.2) is 24.3 Å². The van der Waals surface area contributed by atoms with E-state index in [4.69, 9.17) is 0 Å². The smallest absolute Gasteiger partial charge is 0.129 e. The zero-order valence-electron chi connectivity index (χ0n) is 10.7. The van der Waals surface area contributed by atoms with Crippen molar-refractivity contribution in [2.45, 2.75) is 30.1 Å². The maximum absolute atomic E-state index is 13.5. The third-order valence-corrected chi connectivity index (χ3v) is 5.17. The maximum Gasteiger partial charge on any atom is 0.129 e. The quantitative estimate of drug-likeness (QED) is 0.833. The Kier molecular flexibility index (Phi) is 4.65. The first-order valence-electron chi connectivity index (χ1n) is 6.35. The number of halogens is 1. The molecule has 100 valence electrons. The molecule has 0 radical (unpaired) electrons. The number of aliphatic hydroxyl groups is 1. The fraction of sp³-hybridized carbons (Fsp3) is 0.571. The second-order valence-corrected chi connectivity index (χ2v) is 6.18. The molecule has 0 aliphatic heterocycles. The van der Waals surface area contributed by atoms with Crippen LogP contribution in [0.2, 0.25) is 0 Å². The highest BCUT2D eigenvalue weighted by molar-refractivity contribution is 8.00. The molecule has 1 aliphatic rings. The van der Waals surface area contributed by atoms with Crippen molar-refractivity contribution in [1.82, 2.24) is 5.32 Å². The molecule has 0 heterocycles. The van der Waals surface area contributed by atoms with E-state index in [2.05, 4.69) is 11.6 Å². The van der Waals surface area contributed by atoms with Gasteiger partial charge in [0.05, 0.1) is 6.10 Å². The molecule has 1 saturated carbocycles. The van der Waals surface area contributed by atoms with Gasteiger partial charge in [-0.1, -0.05) is 24.6 Å². The summed E-state index contributed by atoms with van der Waals surface area (Å²) in [6.07, 6.45) is 5.12. The van der Waals surface area contributed by atoms with E-state index in [1.54, 1.807) is 18.2 Å². The lowest BCUT2D eigenvalue weighted by atomic mass is 9.84. The van der Waals surface area contributed by atoms with Gasteiger partial charge in [-0.3, -0.25) is 0 Å². The van der Waals surface area contributed by atoms with Gasteiger partial charge >= 0.3 is 0 Å². The van der Waals surface area contributed by atoms with E-state index in [-0.39, 0.29) is 5.82 Å². The van der Waals surface area contributed by atoms with Crippen LogP contribution < -0.4 is 5.32 Å². The van der Waals surface area contributed by atoms with E-state index in [9.17, 15) is 9.50 Å². The van der Waals surface area contributed by atoms with Gasteiger partial charge in [-0.2, -0.15) is 11.8 Å². The van der Waals surface area contributed by atoms with Crippen molar-refractivity contribution < 1.29 is 9.50 Å². The first kappa shape index (κ1) is 13.8. The van der Waals surface area contributed by atoms with Gasteiger partial charge in [0.2, 0.25) is 0 Å². The zero-order valence-corrected chi connectivity index (χ0v) is 11.5. The summed E-state index contributed by atoms with van der Waals surface area (Å²) in [5.41, 5.74) is 0.372. The Morgan fingerprint density at radius 3 is 2.72 bits per heavy atom. The van der Waals surface area contributed by atoms with Crippen LogP contribution in [0.3, 0.4) is 0 Å². The highest BCUT2D eigenvalue weighted by Crippen LogP contribution is 2.42. The van der Waals surface area contributed by atoms with Gasteiger partial charge in [0.1, 0.15) is 5.82 Å². The monoisotopic (exact) mass is 269 g/mol. The fourth-order valence-electron chi connectivity index (χ4n) is 2.32. The van der Waals surface area contributed by atoms with Crippen molar-refractivity contribution in [2.24, 2.45) is 0 Å². The van der Waals surface area contributed by atoms with Crippen LogP contribution in [0, 0.1) is 5.82 Å². The van der Waals surface area contributed by atoms with Gasteiger partial charge in [0.25, 0.3) is 0 Å². The number of thioether (sulfide) groups is 1. The van der Waals surface area contributed by atoms with E-state index >= 15 is 0 Å². The predicted octanol–water partition coefficient (Wildman–Crippen LogP) is 2.73. The summed E-state index contributed by atoms with van der Waals surface area (Å²) < 4.78 is 13.8. The Hall–Kier alpha value is -0.580. The van der Waals surface area contributed by atoms with Gasteiger partial charge in [0, 0.05) is 23.4 Å². The Labute approximate surface area is 112 Å². The lowest BCUT2D eigenvalue weighted by Gasteiger charge is -2.40. The summed E-state index contributed by atoms with van der Waals surface area (Å²) >= 11 is 1.89. The van der Waals surface area contributed by atoms with Crippen LogP contribution in [0.4, 0.5) is 4.39 Å². The number of hydrogen-bond acceptors (Lipinski definition) is 3. The molecule has 2 N–H and O–H groups in total. The van der Waals surface area contributed by atoms with Crippen LogP contribution in [0.5, 0.6) is 0 Å². The van der Waals surface area contributed by atoms with Crippen LogP contribution in [-0.4, -0.2) is 29.2 Å². The van der Waals surface area contributed by atoms with E-state index < -0.39 is 6.10 Å². The summed E-state index contributed by atoms with van der Waals surface area (Å²) in [7, 11) is 0. The number of rotatable bonds is 6. The molecule has 1 unspecified atom stereocenters. The normalized spacial score (nSPS) is 19.3. The Bertz CT molecular complexity index is 390. The van der Waals surface area contributed by atoms with E-state index in [0.717, 1.165) is 6.54 Å². The van der Waals surface area contributed by atoms with Crippen molar-refractivity contribution >= 4 is 11.8 Å². The molecule has 0 saturated heterocycles.